The van der Waals surface area contributed by atoms with Crippen LogP contribution in [-0.2, 0) is 14.2 Å². The molecule has 6 heteroatoms. The van der Waals surface area contributed by atoms with E-state index in [4.69, 9.17) is 10.2 Å². The number of hydrogen-bond acceptors (Lipinski definition) is 3. The van der Waals surface area contributed by atoms with Gasteiger partial charge in [0.25, 0.3) is 0 Å². The van der Waals surface area contributed by atoms with Crippen LogP contribution in [0.4, 0.5) is 0 Å². The van der Waals surface area contributed by atoms with Crippen molar-refractivity contribution in [3.63, 3.8) is 0 Å². The number of carboxylic acids is 2. The van der Waals surface area contributed by atoms with Crippen molar-refractivity contribution in [2.75, 3.05) is 12.3 Å². The molecule has 0 radical (unpaired) electrons. The Hall–Kier alpha value is -0.830. The summed E-state index contributed by atoms with van der Waals surface area (Å²) in [6.07, 6.45) is 0.578. The molecule has 0 aliphatic heterocycles. The lowest BCUT2D eigenvalue weighted by molar-refractivity contribution is -0.137. The molecule has 1 unspecified atom stereocenters. The Balaban J connectivity index is 4.54. The van der Waals surface area contributed by atoms with Crippen molar-refractivity contribution in [3.05, 3.63) is 0 Å². The summed E-state index contributed by atoms with van der Waals surface area (Å²) in [7, 11) is -2.68. The van der Waals surface area contributed by atoms with Gasteiger partial charge in [-0.05, 0) is 6.42 Å². The molecule has 2 N–H and O–H groups in total. The molecular weight excluding hydrogens is 231 g/mol. The van der Waals surface area contributed by atoms with E-state index >= 15 is 0 Å². The summed E-state index contributed by atoms with van der Waals surface area (Å²) in [6.45, 7) is 3.67. The molecule has 0 heterocycles. The van der Waals surface area contributed by atoms with E-state index < -0.39 is 19.1 Å². The Morgan fingerprint density at radius 1 is 1.12 bits per heavy atom. The Kier molecular flexibility index (Phi) is 6.34. The van der Waals surface area contributed by atoms with Crippen LogP contribution in [0, 0.1) is 0 Å². The summed E-state index contributed by atoms with van der Waals surface area (Å²) in [6, 6.07) is 0. The molecule has 1 atom stereocenters. The molecule has 0 aromatic carbocycles. The van der Waals surface area contributed by atoms with Gasteiger partial charge in [-0.1, -0.05) is 13.8 Å². The van der Waals surface area contributed by atoms with Crippen molar-refractivity contribution in [2.24, 2.45) is 0 Å². The van der Waals surface area contributed by atoms with Crippen LogP contribution in [-0.4, -0.2) is 40.1 Å². The minimum Gasteiger partial charge on any atom is -0.481 e. The van der Waals surface area contributed by atoms with Gasteiger partial charge in [0.2, 0.25) is 0 Å². The van der Waals surface area contributed by atoms with Crippen molar-refractivity contribution in [1.82, 2.24) is 0 Å². The summed E-state index contributed by atoms with van der Waals surface area (Å²) in [5.74, 6) is -1.97. The summed E-state index contributed by atoms with van der Waals surface area (Å²) in [5, 5.41) is 17.1. The van der Waals surface area contributed by atoms with Crippen LogP contribution in [0.15, 0.2) is 0 Å². The van der Waals surface area contributed by atoms with Crippen LogP contribution in [0.2, 0.25) is 0 Å². The second-order valence-corrected chi connectivity index (χ2v) is 7.63. The maximum absolute atomic E-state index is 12.4. The Labute approximate surface area is 95.2 Å². The third kappa shape index (κ3) is 5.31. The highest BCUT2D eigenvalue weighted by molar-refractivity contribution is 7.64. The molecule has 0 spiro atoms. The largest absolute Gasteiger partial charge is 0.481 e. The first-order chi connectivity index (χ1) is 7.31. The second-order valence-electron chi connectivity index (χ2n) is 3.94. The van der Waals surface area contributed by atoms with Gasteiger partial charge in [-0.15, -0.1) is 0 Å². The molecule has 0 aliphatic carbocycles. The van der Waals surface area contributed by atoms with Gasteiger partial charge in [-0.3, -0.25) is 9.59 Å². The maximum atomic E-state index is 12.4. The van der Waals surface area contributed by atoms with Crippen LogP contribution in [0.5, 0.6) is 0 Å². The number of carboxylic acid groups (broad SMARTS) is 2. The molecule has 0 aliphatic rings. The minimum atomic E-state index is -2.68. The zero-order valence-corrected chi connectivity index (χ0v) is 10.6. The molecule has 16 heavy (non-hydrogen) atoms. The quantitative estimate of drug-likeness (QED) is 0.643. The molecule has 0 saturated heterocycles. The van der Waals surface area contributed by atoms with Crippen LogP contribution in [0.3, 0.4) is 0 Å². The van der Waals surface area contributed by atoms with E-state index in [1.807, 2.05) is 6.92 Å². The smallest absolute Gasteiger partial charge is 0.303 e. The monoisotopic (exact) mass is 250 g/mol. The fraction of sp³-hybridized carbons (Fsp3) is 0.800. The summed E-state index contributed by atoms with van der Waals surface area (Å²) in [4.78, 5) is 20.9. The molecule has 0 amide bonds. The Morgan fingerprint density at radius 2 is 1.50 bits per heavy atom. The summed E-state index contributed by atoms with van der Waals surface area (Å²) in [5.41, 5.74) is -0.105. The van der Waals surface area contributed by atoms with E-state index in [1.54, 1.807) is 6.92 Å². The standard InChI is InChI=1S/C10H19O5P/c1-3-8(2)16(15,6-4-9(11)12)7-5-10(13)14/h8H,3-7H2,1-2H3,(H,11,12)(H,13,14). The molecule has 0 aromatic rings. The Bertz CT molecular complexity index is 278. The van der Waals surface area contributed by atoms with Crippen LogP contribution in [0.25, 0.3) is 0 Å². The van der Waals surface area contributed by atoms with Crippen molar-refractivity contribution in [2.45, 2.75) is 38.8 Å². The molecule has 5 nitrogen and oxygen atoms in total. The maximum Gasteiger partial charge on any atom is 0.303 e. The lowest BCUT2D eigenvalue weighted by Crippen LogP contribution is -2.13. The third-order valence-electron chi connectivity index (χ3n) is 2.80. The van der Waals surface area contributed by atoms with Crippen molar-refractivity contribution in [1.29, 1.82) is 0 Å². The average Bonchev–Trinajstić information content (AvgIpc) is 2.22. The minimum absolute atomic E-state index is 0.102. The van der Waals surface area contributed by atoms with Gasteiger partial charge in [0.15, 0.2) is 0 Å². The molecule has 94 valence electrons. The molecular formula is C10H19O5P. The van der Waals surface area contributed by atoms with Crippen molar-refractivity contribution in [3.8, 4) is 0 Å². The van der Waals surface area contributed by atoms with Crippen molar-refractivity contribution >= 4 is 19.1 Å². The van der Waals surface area contributed by atoms with Gasteiger partial charge in [-0.2, -0.15) is 0 Å². The number of hydrogen-bond donors (Lipinski definition) is 2. The van der Waals surface area contributed by atoms with Crippen molar-refractivity contribution < 1.29 is 24.4 Å². The summed E-state index contributed by atoms with van der Waals surface area (Å²) >= 11 is 0. The average molecular weight is 250 g/mol. The number of aliphatic carboxylic acids is 2. The highest BCUT2D eigenvalue weighted by atomic mass is 31.2. The van der Waals surface area contributed by atoms with Crippen LogP contribution < -0.4 is 0 Å². The van der Waals surface area contributed by atoms with Gasteiger partial charge in [0.05, 0.1) is 20.0 Å². The van der Waals surface area contributed by atoms with Gasteiger partial charge < -0.3 is 14.8 Å². The topological polar surface area (TPSA) is 91.7 Å². The van der Waals surface area contributed by atoms with Gasteiger partial charge in [0, 0.05) is 18.0 Å². The first-order valence-electron chi connectivity index (χ1n) is 5.33. The predicted octanol–water partition coefficient (Wildman–Crippen LogP) is 2.10. The third-order valence-corrected chi connectivity index (χ3v) is 6.74. The number of carbonyl (C=O) groups is 2. The van der Waals surface area contributed by atoms with Gasteiger partial charge in [-0.25, -0.2) is 0 Å². The van der Waals surface area contributed by atoms with Crippen LogP contribution in [0.1, 0.15) is 33.1 Å². The molecule has 0 saturated carbocycles. The lowest BCUT2D eigenvalue weighted by atomic mass is 10.4. The summed E-state index contributed by atoms with van der Waals surface area (Å²) < 4.78 is 12.4. The highest BCUT2D eigenvalue weighted by Crippen LogP contribution is 2.52. The number of rotatable bonds is 8. The van der Waals surface area contributed by atoms with E-state index in [0.717, 1.165) is 0 Å². The normalized spacial score (nSPS) is 13.4. The first kappa shape index (κ1) is 15.2. The fourth-order valence-electron chi connectivity index (χ4n) is 1.46. The molecule has 0 rings (SSSR count). The molecule has 0 bridgehead atoms. The highest BCUT2D eigenvalue weighted by Gasteiger charge is 2.29. The van der Waals surface area contributed by atoms with E-state index in [2.05, 4.69) is 0 Å². The SMILES string of the molecule is CCC(C)P(=O)(CCC(=O)O)CCC(=O)O. The zero-order valence-electron chi connectivity index (χ0n) is 9.68. The van der Waals surface area contributed by atoms with E-state index in [-0.39, 0.29) is 30.8 Å². The fourth-order valence-corrected chi connectivity index (χ4v) is 4.37. The van der Waals surface area contributed by atoms with E-state index in [9.17, 15) is 14.2 Å². The first-order valence-corrected chi connectivity index (χ1v) is 7.47. The van der Waals surface area contributed by atoms with E-state index in [1.165, 1.54) is 0 Å². The zero-order chi connectivity index (χ0) is 12.8. The molecule has 0 aromatic heterocycles. The van der Waals surface area contributed by atoms with Gasteiger partial charge in [0.1, 0.15) is 0 Å². The lowest BCUT2D eigenvalue weighted by Gasteiger charge is -2.22. The molecule has 0 fully saturated rings. The second kappa shape index (κ2) is 6.69. The Morgan fingerprint density at radius 3 is 1.75 bits per heavy atom. The van der Waals surface area contributed by atoms with Gasteiger partial charge >= 0.3 is 11.9 Å². The predicted molar refractivity (Wildman–Crippen MR) is 61.6 cm³/mol. The van der Waals surface area contributed by atoms with Crippen LogP contribution >= 0.6 is 7.14 Å². The van der Waals surface area contributed by atoms with E-state index in [0.29, 0.717) is 6.42 Å².